The molecule has 0 aromatic carbocycles. The fourth-order valence-electron chi connectivity index (χ4n) is 2.58. The zero-order chi connectivity index (χ0) is 14.9. The fraction of sp³-hybridized carbons (Fsp3) is 0.733. The van der Waals surface area contributed by atoms with Crippen molar-refractivity contribution in [1.82, 2.24) is 25.7 Å². The van der Waals surface area contributed by atoms with Gasteiger partial charge < -0.3 is 15.5 Å². The second-order valence-electron chi connectivity index (χ2n) is 5.81. The van der Waals surface area contributed by atoms with Crippen molar-refractivity contribution in [2.45, 2.75) is 32.7 Å². The van der Waals surface area contributed by atoms with Crippen LogP contribution >= 0.6 is 0 Å². The fourth-order valence-corrected chi connectivity index (χ4v) is 2.58. The smallest absolute Gasteiger partial charge is 0.191 e. The minimum atomic E-state index is 0.712. The van der Waals surface area contributed by atoms with Crippen LogP contribution in [0.25, 0.3) is 0 Å². The van der Waals surface area contributed by atoms with Crippen molar-refractivity contribution in [1.29, 1.82) is 0 Å². The molecule has 2 rings (SSSR count). The lowest BCUT2D eigenvalue weighted by Gasteiger charge is -2.30. The first-order valence-corrected chi connectivity index (χ1v) is 7.93. The van der Waals surface area contributed by atoms with Gasteiger partial charge in [-0.25, -0.2) is 0 Å². The minimum Gasteiger partial charge on any atom is -0.356 e. The van der Waals surface area contributed by atoms with Crippen LogP contribution < -0.4 is 10.6 Å². The molecule has 0 unspecified atom stereocenters. The molecule has 0 atom stereocenters. The molecule has 1 saturated heterocycles. The van der Waals surface area contributed by atoms with Crippen molar-refractivity contribution in [2.75, 3.05) is 33.2 Å². The van der Waals surface area contributed by atoms with Gasteiger partial charge in [0.05, 0.1) is 12.2 Å². The van der Waals surface area contributed by atoms with Gasteiger partial charge in [-0.1, -0.05) is 6.92 Å². The number of nitrogens with zero attached hydrogens (tertiary/aromatic N) is 3. The number of hydrogen-bond donors (Lipinski definition) is 3. The molecule has 1 aromatic rings. The first-order valence-electron chi connectivity index (χ1n) is 7.93. The van der Waals surface area contributed by atoms with E-state index in [1.807, 2.05) is 6.07 Å². The lowest BCUT2D eigenvalue weighted by atomic mass is 9.99. The van der Waals surface area contributed by atoms with Gasteiger partial charge in [0.1, 0.15) is 0 Å². The van der Waals surface area contributed by atoms with Gasteiger partial charge in [0.25, 0.3) is 0 Å². The predicted octanol–water partition coefficient (Wildman–Crippen LogP) is 1.20. The number of guanidine groups is 1. The Kier molecular flexibility index (Phi) is 6.53. The monoisotopic (exact) mass is 292 g/mol. The van der Waals surface area contributed by atoms with E-state index in [1.165, 1.54) is 32.5 Å². The van der Waals surface area contributed by atoms with E-state index in [1.54, 1.807) is 13.2 Å². The van der Waals surface area contributed by atoms with Crippen molar-refractivity contribution in [3.05, 3.63) is 18.0 Å². The number of aromatic amines is 1. The van der Waals surface area contributed by atoms with Gasteiger partial charge in [0.2, 0.25) is 0 Å². The highest BCUT2D eigenvalue weighted by molar-refractivity contribution is 5.79. The van der Waals surface area contributed by atoms with Gasteiger partial charge in [-0.3, -0.25) is 10.1 Å². The summed E-state index contributed by atoms with van der Waals surface area (Å²) in [6, 6.07) is 1.96. The SMILES string of the molecule is CN=C(NCCCN1CCC(C)CC1)NCc1ccn[nH]1. The zero-order valence-corrected chi connectivity index (χ0v) is 13.2. The van der Waals surface area contributed by atoms with E-state index in [0.29, 0.717) is 6.54 Å². The third-order valence-corrected chi connectivity index (χ3v) is 4.05. The summed E-state index contributed by atoms with van der Waals surface area (Å²) in [7, 11) is 1.80. The second-order valence-corrected chi connectivity index (χ2v) is 5.81. The van der Waals surface area contributed by atoms with Gasteiger partial charge in [0, 0.05) is 19.8 Å². The Morgan fingerprint density at radius 1 is 1.43 bits per heavy atom. The highest BCUT2D eigenvalue weighted by Gasteiger charge is 2.14. The molecule has 0 aliphatic carbocycles. The maximum absolute atomic E-state index is 4.23. The Hall–Kier alpha value is -1.56. The van der Waals surface area contributed by atoms with Gasteiger partial charge in [-0.05, 0) is 50.9 Å². The summed E-state index contributed by atoms with van der Waals surface area (Å²) in [6.45, 7) is 7.71. The Morgan fingerprint density at radius 2 is 2.24 bits per heavy atom. The summed E-state index contributed by atoms with van der Waals surface area (Å²) in [5.41, 5.74) is 1.06. The zero-order valence-electron chi connectivity index (χ0n) is 13.2. The molecule has 3 N–H and O–H groups in total. The topological polar surface area (TPSA) is 68.3 Å². The van der Waals surface area contributed by atoms with Crippen molar-refractivity contribution < 1.29 is 0 Å². The van der Waals surface area contributed by atoms with Crippen LogP contribution in [-0.4, -0.2) is 54.3 Å². The molecule has 1 aliphatic heterocycles. The summed E-state index contributed by atoms with van der Waals surface area (Å²) in [5, 5.41) is 13.5. The molecule has 1 fully saturated rings. The maximum atomic E-state index is 4.23. The molecule has 6 nitrogen and oxygen atoms in total. The van der Waals surface area contributed by atoms with Gasteiger partial charge in [0.15, 0.2) is 5.96 Å². The number of aliphatic imine (C=N–C) groups is 1. The number of piperidine rings is 1. The average Bonchev–Trinajstić information content (AvgIpc) is 3.02. The number of H-pyrrole nitrogens is 1. The van der Waals surface area contributed by atoms with E-state index >= 15 is 0 Å². The summed E-state index contributed by atoms with van der Waals surface area (Å²) < 4.78 is 0. The normalized spacial score (nSPS) is 17.9. The quantitative estimate of drug-likeness (QED) is 0.419. The third-order valence-electron chi connectivity index (χ3n) is 4.05. The highest BCUT2D eigenvalue weighted by Crippen LogP contribution is 2.15. The lowest BCUT2D eigenvalue weighted by Crippen LogP contribution is -2.39. The Bertz CT molecular complexity index is 406. The number of aromatic nitrogens is 2. The van der Waals surface area contributed by atoms with Crippen molar-refractivity contribution in [2.24, 2.45) is 10.9 Å². The van der Waals surface area contributed by atoms with Crippen LogP contribution in [0.15, 0.2) is 17.3 Å². The lowest BCUT2D eigenvalue weighted by molar-refractivity contribution is 0.191. The summed E-state index contributed by atoms with van der Waals surface area (Å²) in [6.07, 6.45) is 5.60. The minimum absolute atomic E-state index is 0.712. The van der Waals surface area contributed by atoms with Crippen LogP contribution in [-0.2, 0) is 6.54 Å². The van der Waals surface area contributed by atoms with Crippen LogP contribution in [0.4, 0.5) is 0 Å². The molecule has 0 spiro atoms. The number of hydrogen-bond acceptors (Lipinski definition) is 3. The van der Waals surface area contributed by atoms with Crippen LogP contribution in [0.3, 0.4) is 0 Å². The molecular formula is C15H28N6. The molecule has 1 aromatic heterocycles. The van der Waals surface area contributed by atoms with Crippen molar-refractivity contribution >= 4 is 5.96 Å². The summed E-state index contributed by atoms with van der Waals surface area (Å²) >= 11 is 0. The largest absolute Gasteiger partial charge is 0.356 e. The first-order chi connectivity index (χ1) is 10.3. The Morgan fingerprint density at radius 3 is 2.90 bits per heavy atom. The van der Waals surface area contributed by atoms with Gasteiger partial charge >= 0.3 is 0 Å². The van der Waals surface area contributed by atoms with E-state index in [0.717, 1.165) is 30.5 Å². The molecule has 0 bridgehead atoms. The molecule has 0 amide bonds. The average molecular weight is 292 g/mol. The molecule has 0 saturated carbocycles. The van der Waals surface area contributed by atoms with Crippen LogP contribution in [0.2, 0.25) is 0 Å². The van der Waals surface area contributed by atoms with E-state index < -0.39 is 0 Å². The Labute approximate surface area is 127 Å². The first kappa shape index (κ1) is 15.8. The van der Waals surface area contributed by atoms with Crippen molar-refractivity contribution in [3.8, 4) is 0 Å². The van der Waals surface area contributed by atoms with E-state index in [9.17, 15) is 0 Å². The molecule has 1 aliphatic rings. The molecular weight excluding hydrogens is 264 g/mol. The Balaban J connectivity index is 1.56. The number of rotatable bonds is 6. The van der Waals surface area contributed by atoms with Crippen LogP contribution in [0.5, 0.6) is 0 Å². The standard InChI is InChI=1S/C15H28N6/c1-13-5-10-21(11-6-13)9-3-7-17-15(16-2)18-12-14-4-8-19-20-14/h4,8,13H,3,5-7,9-12H2,1-2H3,(H,19,20)(H2,16,17,18). The maximum Gasteiger partial charge on any atom is 0.191 e. The van der Waals surface area contributed by atoms with E-state index in [2.05, 4.69) is 37.6 Å². The van der Waals surface area contributed by atoms with E-state index in [-0.39, 0.29) is 0 Å². The summed E-state index contributed by atoms with van der Waals surface area (Å²) in [5.74, 6) is 1.75. The predicted molar refractivity (Wildman–Crippen MR) is 86.2 cm³/mol. The van der Waals surface area contributed by atoms with Crippen LogP contribution in [0.1, 0.15) is 31.9 Å². The molecule has 2 heterocycles. The van der Waals surface area contributed by atoms with Gasteiger partial charge in [-0.2, -0.15) is 5.10 Å². The second kappa shape index (κ2) is 8.67. The van der Waals surface area contributed by atoms with E-state index in [4.69, 9.17) is 0 Å². The molecule has 6 heteroatoms. The van der Waals surface area contributed by atoms with Crippen LogP contribution in [0, 0.1) is 5.92 Å². The number of likely N-dealkylation sites (tertiary alicyclic amines) is 1. The third kappa shape index (κ3) is 5.75. The highest BCUT2D eigenvalue weighted by atomic mass is 15.2. The summed E-state index contributed by atoms with van der Waals surface area (Å²) in [4.78, 5) is 6.80. The van der Waals surface area contributed by atoms with Crippen molar-refractivity contribution in [3.63, 3.8) is 0 Å². The molecule has 21 heavy (non-hydrogen) atoms. The number of nitrogens with one attached hydrogen (secondary N) is 3. The van der Waals surface area contributed by atoms with Gasteiger partial charge in [-0.15, -0.1) is 0 Å². The molecule has 118 valence electrons. The molecule has 0 radical (unpaired) electrons.